The summed E-state index contributed by atoms with van der Waals surface area (Å²) in [4.78, 5) is 0. The average molecular weight is 186 g/mol. The molecule has 0 unspecified atom stereocenters. The quantitative estimate of drug-likeness (QED) is 0.612. The normalized spacial score (nSPS) is 13.4. The van der Waals surface area contributed by atoms with Gasteiger partial charge in [0.2, 0.25) is 0 Å². The van der Waals surface area contributed by atoms with E-state index >= 15 is 0 Å². The Kier molecular flexibility index (Phi) is 4.98. The first kappa shape index (κ1) is 13.0. The zero-order chi connectivity index (χ0) is 10.5. The lowest BCUT2D eigenvalue weighted by atomic mass is 9.74. The van der Waals surface area contributed by atoms with Crippen molar-refractivity contribution < 1.29 is 4.74 Å². The lowest BCUT2D eigenvalue weighted by Crippen LogP contribution is -2.27. The maximum atomic E-state index is 5.49. The highest BCUT2D eigenvalue weighted by atomic mass is 16.5. The van der Waals surface area contributed by atoms with Crippen LogP contribution in [0.2, 0.25) is 0 Å². The van der Waals surface area contributed by atoms with Crippen molar-refractivity contribution in [3.8, 4) is 0 Å². The van der Waals surface area contributed by atoms with Crippen molar-refractivity contribution in [3.63, 3.8) is 0 Å². The van der Waals surface area contributed by atoms with Gasteiger partial charge in [-0.05, 0) is 24.2 Å². The van der Waals surface area contributed by atoms with E-state index in [2.05, 4.69) is 41.5 Å². The van der Waals surface area contributed by atoms with Crippen LogP contribution < -0.4 is 0 Å². The van der Waals surface area contributed by atoms with Gasteiger partial charge in [-0.3, -0.25) is 0 Å². The summed E-state index contributed by atoms with van der Waals surface area (Å²) in [6, 6.07) is 0. The van der Waals surface area contributed by atoms with Crippen molar-refractivity contribution in [3.05, 3.63) is 0 Å². The molecule has 0 aromatic rings. The van der Waals surface area contributed by atoms with E-state index in [-0.39, 0.29) is 0 Å². The molecule has 0 aromatic carbocycles. The zero-order valence-electron chi connectivity index (χ0n) is 10.2. The molecule has 80 valence electrons. The molecule has 0 saturated heterocycles. The highest BCUT2D eigenvalue weighted by Gasteiger charge is 2.27. The lowest BCUT2D eigenvalue weighted by molar-refractivity contribution is 0.0423. The first-order valence-corrected chi connectivity index (χ1v) is 5.41. The summed E-state index contributed by atoms with van der Waals surface area (Å²) in [5.74, 6) is 0. The van der Waals surface area contributed by atoms with Crippen LogP contribution in [0.4, 0.5) is 0 Å². The summed E-state index contributed by atoms with van der Waals surface area (Å²) in [6.45, 7) is 15.3. The number of hydrogen-bond donors (Lipinski definition) is 0. The molecular weight excluding hydrogens is 160 g/mol. The van der Waals surface area contributed by atoms with Crippen LogP contribution in [0.3, 0.4) is 0 Å². The minimum Gasteiger partial charge on any atom is -0.381 e. The van der Waals surface area contributed by atoms with Crippen LogP contribution in [0, 0.1) is 10.8 Å². The first-order valence-electron chi connectivity index (χ1n) is 5.41. The van der Waals surface area contributed by atoms with E-state index in [4.69, 9.17) is 4.74 Å². The van der Waals surface area contributed by atoms with E-state index in [9.17, 15) is 0 Å². The van der Waals surface area contributed by atoms with Gasteiger partial charge in [0.05, 0.1) is 6.61 Å². The van der Waals surface area contributed by atoms with E-state index in [0.29, 0.717) is 10.8 Å². The topological polar surface area (TPSA) is 9.23 Å². The molecule has 1 heteroatoms. The molecule has 13 heavy (non-hydrogen) atoms. The summed E-state index contributed by atoms with van der Waals surface area (Å²) in [5, 5.41) is 0. The SMILES string of the molecule is CCOCC(C)(C)CC(C)(C)CC. The van der Waals surface area contributed by atoms with Crippen LogP contribution in [0.15, 0.2) is 0 Å². The summed E-state index contributed by atoms with van der Waals surface area (Å²) >= 11 is 0. The Balaban J connectivity index is 4.00. The van der Waals surface area contributed by atoms with Crippen molar-refractivity contribution in [2.45, 2.75) is 54.4 Å². The molecule has 0 radical (unpaired) electrons. The number of hydrogen-bond acceptors (Lipinski definition) is 1. The molecule has 0 saturated carbocycles. The second-order valence-corrected chi connectivity index (χ2v) is 5.50. The Morgan fingerprint density at radius 3 is 1.85 bits per heavy atom. The van der Waals surface area contributed by atoms with Crippen LogP contribution in [-0.4, -0.2) is 13.2 Å². The summed E-state index contributed by atoms with van der Waals surface area (Å²) in [5.41, 5.74) is 0.760. The molecule has 0 rings (SSSR count). The van der Waals surface area contributed by atoms with Crippen LogP contribution in [0.5, 0.6) is 0 Å². The minimum atomic E-state index is 0.315. The number of ether oxygens (including phenoxy) is 1. The second kappa shape index (κ2) is 4.99. The average Bonchev–Trinajstić information content (AvgIpc) is 1.99. The second-order valence-electron chi connectivity index (χ2n) is 5.50. The molecular formula is C12H26O. The Morgan fingerprint density at radius 1 is 0.923 bits per heavy atom. The van der Waals surface area contributed by atoms with Crippen molar-refractivity contribution in [2.75, 3.05) is 13.2 Å². The molecule has 0 spiro atoms. The predicted octanol–water partition coefficient (Wildman–Crippen LogP) is 3.88. The summed E-state index contributed by atoms with van der Waals surface area (Å²) < 4.78 is 5.49. The van der Waals surface area contributed by atoms with Crippen molar-refractivity contribution >= 4 is 0 Å². The van der Waals surface area contributed by atoms with Gasteiger partial charge >= 0.3 is 0 Å². The standard InChI is InChI=1S/C12H26O/c1-7-11(3,4)9-12(5,6)10-13-8-2/h7-10H2,1-6H3. The highest BCUT2D eigenvalue weighted by molar-refractivity contribution is 4.78. The Labute approximate surface area is 83.9 Å². The van der Waals surface area contributed by atoms with Crippen LogP contribution >= 0.6 is 0 Å². The maximum absolute atomic E-state index is 5.49. The Hall–Kier alpha value is -0.0400. The summed E-state index contributed by atoms with van der Waals surface area (Å²) in [7, 11) is 0. The molecule has 0 aliphatic carbocycles. The smallest absolute Gasteiger partial charge is 0.0517 e. The van der Waals surface area contributed by atoms with Gasteiger partial charge in [0, 0.05) is 6.61 Å². The van der Waals surface area contributed by atoms with E-state index < -0.39 is 0 Å². The fourth-order valence-corrected chi connectivity index (χ4v) is 1.85. The van der Waals surface area contributed by atoms with Gasteiger partial charge in [0.1, 0.15) is 0 Å². The van der Waals surface area contributed by atoms with Gasteiger partial charge in [-0.25, -0.2) is 0 Å². The van der Waals surface area contributed by atoms with E-state index in [1.807, 2.05) is 0 Å². The third-order valence-electron chi connectivity index (χ3n) is 2.61. The van der Waals surface area contributed by atoms with Crippen LogP contribution in [0.25, 0.3) is 0 Å². The Bertz CT molecular complexity index is 136. The fourth-order valence-electron chi connectivity index (χ4n) is 1.85. The van der Waals surface area contributed by atoms with E-state index in [1.54, 1.807) is 0 Å². The molecule has 0 bridgehead atoms. The molecule has 0 aromatic heterocycles. The molecule has 0 amide bonds. The highest BCUT2D eigenvalue weighted by Crippen LogP contribution is 2.35. The molecule has 0 fully saturated rings. The molecule has 1 nitrogen and oxygen atoms in total. The number of rotatable bonds is 6. The van der Waals surface area contributed by atoms with Crippen LogP contribution in [0.1, 0.15) is 54.4 Å². The lowest BCUT2D eigenvalue weighted by Gasteiger charge is -2.34. The first-order chi connectivity index (χ1) is 5.83. The molecule has 0 aliphatic rings. The van der Waals surface area contributed by atoms with Gasteiger partial charge in [-0.1, -0.05) is 41.0 Å². The minimum absolute atomic E-state index is 0.315. The van der Waals surface area contributed by atoms with Crippen molar-refractivity contribution in [2.24, 2.45) is 10.8 Å². The molecule has 0 heterocycles. The summed E-state index contributed by atoms with van der Waals surface area (Å²) in [6.07, 6.45) is 2.47. The monoisotopic (exact) mass is 186 g/mol. The molecule has 0 aliphatic heterocycles. The predicted molar refractivity (Wildman–Crippen MR) is 59.0 cm³/mol. The third kappa shape index (κ3) is 6.09. The van der Waals surface area contributed by atoms with Gasteiger partial charge in [0.25, 0.3) is 0 Å². The van der Waals surface area contributed by atoms with E-state index in [0.717, 1.165) is 13.2 Å². The molecule has 0 N–H and O–H groups in total. The van der Waals surface area contributed by atoms with Gasteiger partial charge in [0.15, 0.2) is 0 Å². The largest absolute Gasteiger partial charge is 0.381 e. The third-order valence-corrected chi connectivity index (χ3v) is 2.61. The maximum Gasteiger partial charge on any atom is 0.0517 e. The van der Waals surface area contributed by atoms with E-state index in [1.165, 1.54) is 12.8 Å². The van der Waals surface area contributed by atoms with Gasteiger partial charge < -0.3 is 4.74 Å². The van der Waals surface area contributed by atoms with Gasteiger partial charge in [-0.15, -0.1) is 0 Å². The fraction of sp³-hybridized carbons (Fsp3) is 1.00. The Morgan fingerprint density at radius 2 is 1.46 bits per heavy atom. The molecule has 0 atom stereocenters. The van der Waals surface area contributed by atoms with Gasteiger partial charge in [-0.2, -0.15) is 0 Å². The zero-order valence-corrected chi connectivity index (χ0v) is 10.2. The van der Waals surface area contributed by atoms with Crippen molar-refractivity contribution in [1.29, 1.82) is 0 Å². The van der Waals surface area contributed by atoms with Crippen LogP contribution in [-0.2, 0) is 4.74 Å². The van der Waals surface area contributed by atoms with Crippen molar-refractivity contribution in [1.82, 2.24) is 0 Å².